The molecule has 1 aliphatic heterocycles. The van der Waals surface area contributed by atoms with Crippen LogP contribution in [-0.4, -0.2) is 34.4 Å². The smallest absolute Gasteiger partial charge is 0.270 e. The number of nitro groups is 1. The molecule has 1 fully saturated rings. The van der Waals surface area contributed by atoms with E-state index in [2.05, 4.69) is 15.2 Å². The van der Waals surface area contributed by atoms with Crippen molar-refractivity contribution in [3.63, 3.8) is 0 Å². The summed E-state index contributed by atoms with van der Waals surface area (Å²) in [5, 5.41) is 14.4. The van der Waals surface area contributed by atoms with E-state index in [1.807, 2.05) is 42.7 Å². The lowest BCUT2D eigenvalue weighted by atomic mass is 10.0. The Bertz CT molecular complexity index is 932. The molecule has 4 rings (SSSR count). The van der Waals surface area contributed by atoms with Gasteiger partial charge in [0.05, 0.1) is 11.5 Å². The van der Waals surface area contributed by atoms with E-state index < -0.39 is 4.92 Å². The molecule has 3 heterocycles. The third-order valence-electron chi connectivity index (χ3n) is 4.81. The number of pyridine rings is 1. The molecule has 0 aliphatic carbocycles. The van der Waals surface area contributed by atoms with E-state index in [9.17, 15) is 10.1 Å². The zero-order chi connectivity index (χ0) is 18.6. The first-order chi connectivity index (χ1) is 13.2. The Morgan fingerprint density at radius 1 is 1.21 bits per heavy atom. The number of aromatic nitrogens is 1. The Morgan fingerprint density at radius 3 is 2.82 bits per heavy atom. The largest absolute Gasteiger partial charge is 0.460 e. The number of piperazine rings is 1. The summed E-state index contributed by atoms with van der Waals surface area (Å²) in [4.78, 5) is 17.1. The van der Waals surface area contributed by atoms with Gasteiger partial charge in [-0.05, 0) is 29.8 Å². The van der Waals surface area contributed by atoms with Crippen LogP contribution >= 0.6 is 12.4 Å². The number of benzene rings is 1. The molecule has 7 nitrogen and oxygen atoms in total. The van der Waals surface area contributed by atoms with Crippen molar-refractivity contribution < 1.29 is 9.34 Å². The van der Waals surface area contributed by atoms with Crippen LogP contribution in [0.15, 0.2) is 65.3 Å². The molecule has 1 atom stereocenters. The number of nitro benzene ring substituents is 1. The highest BCUT2D eigenvalue weighted by molar-refractivity contribution is 5.85. The molecular formula is C20H21ClN4O3. The molecule has 0 radical (unpaired) electrons. The summed E-state index contributed by atoms with van der Waals surface area (Å²) in [6.07, 6.45) is 3.63. The van der Waals surface area contributed by atoms with Gasteiger partial charge in [-0.1, -0.05) is 12.1 Å². The minimum absolute atomic E-state index is 0. The van der Waals surface area contributed by atoms with Crippen LogP contribution in [0.25, 0.3) is 11.3 Å². The van der Waals surface area contributed by atoms with Crippen molar-refractivity contribution in [2.45, 2.75) is 12.6 Å². The maximum atomic E-state index is 11.0. The second kappa shape index (κ2) is 8.97. The summed E-state index contributed by atoms with van der Waals surface area (Å²) < 4.78 is 5.99. The quantitative estimate of drug-likeness (QED) is 0.517. The zero-order valence-corrected chi connectivity index (χ0v) is 16.0. The van der Waals surface area contributed by atoms with Crippen LogP contribution in [0.5, 0.6) is 0 Å². The fourth-order valence-electron chi connectivity index (χ4n) is 3.44. The Kier molecular flexibility index (Phi) is 6.41. The normalized spacial score (nSPS) is 17.1. The van der Waals surface area contributed by atoms with Gasteiger partial charge in [0.15, 0.2) is 0 Å². The Morgan fingerprint density at radius 2 is 2.04 bits per heavy atom. The predicted molar refractivity (Wildman–Crippen MR) is 108 cm³/mol. The average Bonchev–Trinajstić information content (AvgIpc) is 3.18. The van der Waals surface area contributed by atoms with Crippen LogP contribution < -0.4 is 5.32 Å². The number of nitrogens with zero attached hydrogens (tertiary/aromatic N) is 3. The molecule has 28 heavy (non-hydrogen) atoms. The van der Waals surface area contributed by atoms with Gasteiger partial charge < -0.3 is 9.73 Å². The standard InChI is InChI=1S/C20H20N4O3.ClH/c25-24(26)17-3-1-2-16(12-17)20-5-4-18(27-20)14-23-11-10-22-13-19(23)15-6-8-21-9-7-15;/h1-9,12,19,22H,10-11,13-14H2;1H. The van der Waals surface area contributed by atoms with Crippen molar-refractivity contribution in [3.05, 3.63) is 82.4 Å². The van der Waals surface area contributed by atoms with E-state index in [1.54, 1.807) is 6.07 Å². The lowest BCUT2D eigenvalue weighted by Gasteiger charge is -2.35. The molecule has 2 aromatic heterocycles. The number of hydrogen-bond acceptors (Lipinski definition) is 6. The molecule has 3 aromatic rings. The first kappa shape index (κ1) is 20.0. The lowest BCUT2D eigenvalue weighted by Crippen LogP contribution is -2.45. The van der Waals surface area contributed by atoms with Gasteiger partial charge >= 0.3 is 0 Å². The number of non-ortho nitro benzene ring substituents is 1. The summed E-state index contributed by atoms with van der Waals surface area (Å²) in [6, 6.07) is 14.7. The Balaban J connectivity index is 0.00000225. The third kappa shape index (κ3) is 4.39. The molecule has 0 bridgehead atoms. The van der Waals surface area contributed by atoms with E-state index in [0.717, 1.165) is 25.4 Å². The molecule has 0 spiro atoms. The molecule has 0 amide bonds. The minimum atomic E-state index is -0.395. The van der Waals surface area contributed by atoms with Crippen LogP contribution in [0.1, 0.15) is 17.4 Å². The highest BCUT2D eigenvalue weighted by Crippen LogP contribution is 2.28. The van der Waals surface area contributed by atoms with Gasteiger partial charge in [0.2, 0.25) is 0 Å². The van der Waals surface area contributed by atoms with E-state index in [0.29, 0.717) is 17.9 Å². The molecule has 1 N–H and O–H groups in total. The van der Waals surface area contributed by atoms with Gasteiger partial charge in [0, 0.05) is 55.8 Å². The first-order valence-corrected chi connectivity index (χ1v) is 8.89. The monoisotopic (exact) mass is 400 g/mol. The molecule has 1 saturated heterocycles. The van der Waals surface area contributed by atoms with Gasteiger partial charge in [-0.15, -0.1) is 12.4 Å². The van der Waals surface area contributed by atoms with Crippen LogP contribution in [-0.2, 0) is 6.54 Å². The summed E-state index contributed by atoms with van der Waals surface area (Å²) in [5.74, 6) is 1.49. The number of rotatable bonds is 5. The molecule has 1 aliphatic rings. The van der Waals surface area contributed by atoms with Gasteiger partial charge in [-0.3, -0.25) is 20.0 Å². The van der Waals surface area contributed by atoms with Crippen molar-refractivity contribution in [1.29, 1.82) is 0 Å². The minimum Gasteiger partial charge on any atom is -0.460 e. The second-order valence-electron chi connectivity index (χ2n) is 6.54. The Labute approximate surface area is 168 Å². The van der Waals surface area contributed by atoms with Gasteiger partial charge in [-0.2, -0.15) is 0 Å². The number of halogens is 1. The number of furan rings is 1. The first-order valence-electron chi connectivity index (χ1n) is 8.89. The summed E-state index contributed by atoms with van der Waals surface area (Å²) in [5.41, 5.74) is 1.99. The fourth-order valence-corrected chi connectivity index (χ4v) is 3.44. The van der Waals surface area contributed by atoms with Gasteiger partial charge in [-0.25, -0.2) is 0 Å². The van der Waals surface area contributed by atoms with Crippen LogP contribution in [0.3, 0.4) is 0 Å². The Hall–Kier alpha value is -2.74. The van der Waals surface area contributed by atoms with Crippen LogP contribution in [0.2, 0.25) is 0 Å². The predicted octanol–water partition coefficient (Wildman–Crippen LogP) is 3.82. The number of nitrogens with one attached hydrogen (secondary N) is 1. The van der Waals surface area contributed by atoms with E-state index in [-0.39, 0.29) is 24.1 Å². The summed E-state index contributed by atoms with van der Waals surface area (Å²) in [6.45, 7) is 3.41. The average molecular weight is 401 g/mol. The molecule has 1 unspecified atom stereocenters. The van der Waals surface area contributed by atoms with Crippen molar-refractivity contribution in [3.8, 4) is 11.3 Å². The maximum absolute atomic E-state index is 11.0. The third-order valence-corrected chi connectivity index (χ3v) is 4.81. The molecule has 8 heteroatoms. The van der Waals surface area contributed by atoms with Gasteiger partial charge in [0.1, 0.15) is 11.5 Å². The summed E-state index contributed by atoms with van der Waals surface area (Å²) >= 11 is 0. The number of hydrogen-bond donors (Lipinski definition) is 1. The molecule has 146 valence electrons. The van der Waals surface area contributed by atoms with Crippen LogP contribution in [0.4, 0.5) is 5.69 Å². The fraction of sp³-hybridized carbons (Fsp3) is 0.250. The van der Waals surface area contributed by atoms with Crippen molar-refractivity contribution >= 4 is 18.1 Å². The highest BCUT2D eigenvalue weighted by atomic mass is 35.5. The van der Waals surface area contributed by atoms with E-state index >= 15 is 0 Å². The van der Waals surface area contributed by atoms with Crippen molar-refractivity contribution in [2.24, 2.45) is 0 Å². The zero-order valence-electron chi connectivity index (χ0n) is 15.2. The lowest BCUT2D eigenvalue weighted by molar-refractivity contribution is -0.384. The van der Waals surface area contributed by atoms with Crippen molar-refractivity contribution in [2.75, 3.05) is 19.6 Å². The topological polar surface area (TPSA) is 84.4 Å². The SMILES string of the molecule is Cl.O=[N+]([O-])c1cccc(-c2ccc(CN3CCNCC3c3ccncc3)o2)c1. The molecular weight excluding hydrogens is 380 g/mol. The van der Waals surface area contributed by atoms with E-state index in [4.69, 9.17) is 4.42 Å². The second-order valence-corrected chi connectivity index (χ2v) is 6.54. The summed E-state index contributed by atoms with van der Waals surface area (Å²) in [7, 11) is 0. The van der Waals surface area contributed by atoms with Gasteiger partial charge in [0.25, 0.3) is 5.69 Å². The van der Waals surface area contributed by atoms with Crippen LogP contribution in [0, 0.1) is 10.1 Å². The highest BCUT2D eigenvalue weighted by Gasteiger charge is 2.24. The van der Waals surface area contributed by atoms with Crippen molar-refractivity contribution in [1.82, 2.24) is 15.2 Å². The molecule has 1 aromatic carbocycles. The molecule has 0 saturated carbocycles. The van der Waals surface area contributed by atoms with E-state index in [1.165, 1.54) is 17.7 Å². The maximum Gasteiger partial charge on any atom is 0.270 e.